The number of nitrogens with zero attached hydrogens (tertiary/aromatic N) is 1. The van der Waals surface area contributed by atoms with Gasteiger partial charge in [-0.2, -0.15) is 0 Å². The Morgan fingerprint density at radius 1 is 0.816 bits per heavy atom. The fourth-order valence-electron chi connectivity index (χ4n) is 6.20. The number of methoxy groups -OCH3 is 4. The summed E-state index contributed by atoms with van der Waals surface area (Å²) in [5.74, 6) is 2.74. The third kappa shape index (κ3) is 4.45. The van der Waals surface area contributed by atoms with E-state index in [1.54, 1.807) is 28.4 Å². The number of halogens is 1. The Labute approximate surface area is 229 Å². The maximum Gasteiger partial charge on any atom is 0.234 e. The molecule has 1 aliphatic carbocycles. The predicted octanol–water partition coefficient (Wildman–Crippen LogP) is 6.36. The summed E-state index contributed by atoms with van der Waals surface area (Å²) in [6.45, 7) is 0.593. The van der Waals surface area contributed by atoms with Gasteiger partial charge in [-0.25, -0.2) is 0 Å². The fourth-order valence-corrected chi connectivity index (χ4v) is 6.32. The second-order valence-electron chi connectivity index (χ2n) is 9.97. The molecule has 200 valence electrons. The molecule has 1 heterocycles. The van der Waals surface area contributed by atoms with E-state index in [-0.39, 0.29) is 11.9 Å². The Morgan fingerprint density at radius 2 is 1.42 bits per heavy atom. The van der Waals surface area contributed by atoms with E-state index in [9.17, 15) is 4.79 Å². The third-order valence-electron chi connectivity index (χ3n) is 8.12. The molecule has 3 aromatic carbocycles. The predicted molar refractivity (Wildman–Crippen MR) is 148 cm³/mol. The van der Waals surface area contributed by atoms with Gasteiger partial charge in [0, 0.05) is 11.6 Å². The lowest BCUT2D eigenvalue weighted by Gasteiger charge is -2.43. The number of amides is 1. The highest BCUT2D eigenvalue weighted by Gasteiger charge is 2.48. The van der Waals surface area contributed by atoms with Crippen molar-refractivity contribution in [1.82, 2.24) is 4.90 Å². The van der Waals surface area contributed by atoms with E-state index in [1.165, 1.54) is 0 Å². The highest BCUT2D eigenvalue weighted by molar-refractivity contribution is 6.30. The van der Waals surface area contributed by atoms with Crippen LogP contribution >= 0.6 is 11.6 Å². The molecule has 0 radical (unpaired) electrons. The zero-order chi connectivity index (χ0) is 26.9. The number of rotatable bonds is 7. The molecule has 5 rings (SSSR count). The monoisotopic (exact) mass is 535 g/mol. The summed E-state index contributed by atoms with van der Waals surface area (Å²) in [6, 6.07) is 17.4. The largest absolute Gasteiger partial charge is 0.493 e. The molecular weight excluding hydrogens is 502 g/mol. The van der Waals surface area contributed by atoms with Crippen LogP contribution in [0.15, 0.2) is 54.6 Å². The maximum absolute atomic E-state index is 14.7. The second kappa shape index (κ2) is 10.8. The lowest BCUT2D eigenvalue weighted by atomic mass is 9.76. The molecule has 3 aromatic rings. The summed E-state index contributed by atoms with van der Waals surface area (Å²) in [7, 11) is 6.53. The Hall–Kier alpha value is -3.38. The Balaban J connectivity index is 1.67. The Kier molecular flexibility index (Phi) is 7.44. The zero-order valence-corrected chi connectivity index (χ0v) is 23.1. The van der Waals surface area contributed by atoms with E-state index < -0.39 is 5.41 Å². The fraction of sp³-hybridized carbons (Fsp3) is 0.387. The zero-order valence-electron chi connectivity index (χ0n) is 22.4. The highest BCUT2D eigenvalue weighted by Crippen LogP contribution is 2.48. The first-order chi connectivity index (χ1) is 18.4. The molecule has 1 fully saturated rings. The minimum atomic E-state index is -0.576. The molecule has 6 nitrogen and oxygen atoms in total. The maximum atomic E-state index is 14.7. The van der Waals surface area contributed by atoms with Crippen LogP contribution in [0, 0.1) is 0 Å². The molecule has 1 amide bonds. The summed E-state index contributed by atoms with van der Waals surface area (Å²) in [4.78, 5) is 16.8. The molecule has 1 aliphatic heterocycles. The molecule has 0 bridgehead atoms. The van der Waals surface area contributed by atoms with Gasteiger partial charge in [-0.1, -0.05) is 42.6 Å². The van der Waals surface area contributed by atoms with Crippen molar-refractivity contribution in [1.29, 1.82) is 0 Å². The standard InChI is InChI=1S/C31H34ClNO5/c1-35-25-12-7-21(18-26(25)36-2)29-24-19-28(38-4)27(37-3)17-20(24)13-16-33(29)30(34)31(14-5-6-15-31)22-8-10-23(32)11-9-22/h7-12,17-19,29H,5-6,13-16H2,1-4H3/t29-/m1/s1. The van der Waals surface area contributed by atoms with Gasteiger partial charge in [0.2, 0.25) is 5.91 Å². The molecule has 1 saturated carbocycles. The Bertz CT molecular complexity index is 1320. The third-order valence-corrected chi connectivity index (χ3v) is 8.37. The van der Waals surface area contributed by atoms with Crippen molar-refractivity contribution >= 4 is 17.5 Å². The molecule has 0 aromatic heterocycles. The van der Waals surface area contributed by atoms with Gasteiger partial charge in [-0.3, -0.25) is 4.79 Å². The van der Waals surface area contributed by atoms with Crippen LogP contribution in [0.2, 0.25) is 5.02 Å². The lowest BCUT2D eigenvalue weighted by molar-refractivity contribution is -0.139. The van der Waals surface area contributed by atoms with Crippen molar-refractivity contribution in [3.05, 3.63) is 81.9 Å². The quantitative estimate of drug-likeness (QED) is 0.352. The van der Waals surface area contributed by atoms with Crippen molar-refractivity contribution in [2.75, 3.05) is 35.0 Å². The molecule has 2 aliphatic rings. The number of hydrogen-bond donors (Lipinski definition) is 0. The molecule has 0 N–H and O–H groups in total. The first-order valence-electron chi connectivity index (χ1n) is 13.0. The second-order valence-corrected chi connectivity index (χ2v) is 10.4. The average Bonchev–Trinajstić information content (AvgIpc) is 3.46. The summed E-state index contributed by atoms with van der Waals surface area (Å²) in [5.41, 5.74) is 3.58. The molecule has 1 atom stereocenters. The number of benzene rings is 3. The van der Waals surface area contributed by atoms with Gasteiger partial charge in [0.1, 0.15) is 0 Å². The van der Waals surface area contributed by atoms with E-state index in [2.05, 4.69) is 4.90 Å². The SMILES string of the molecule is COc1ccc([C@@H]2c3cc(OC)c(OC)cc3CCN2C(=O)C2(c3ccc(Cl)cc3)CCCC2)cc1OC. The average molecular weight is 536 g/mol. The minimum Gasteiger partial charge on any atom is -0.493 e. The van der Waals surface area contributed by atoms with Crippen LogP contribution in [0.5, 0.6) is 23.0 Å². The van der Waals surface area contributed by atoms with E-state index >= 15 is 0 Å². The van der Waals surface area contributed by atoms with Gasteiger partial charge in [0.25, 0.3) is 0 Å². The minimum absolute atomic E-state index is 0.151. The van der Waals surface area contributed by atoms with E-state index in [1.807, 2.05) is 54.6 Å². The normalized spacial score (nSPS) is 18.0. The molecule has 0 saturated heterocycles. The van der Waals surface area contributed by atoms with Crippen LogP contribution in [-0.4, -0.2) is 45.8 Å². The van der Waals surface area contributed by atoms with Gasteiger partial charge in [-0.05, 0) is 77.9 Å². The van der Waals surface area contributed by atoms with Crippen LogP contribution in [0.25, 0.3) is 0 Å². The molecule has 0 unspecified atom stereocenters. The smallest absolute Gasteiger partial charge is 0.234 e. The van der Waals surface area contributed by atoms with E-state index in [0.717, 1.165) is 54.4 Å². The molecule has 38 heavy (non-hydrogen) atoms. The van der Waals surface area contributed by atoms with Crippen molar-refractivity contribution in [2.24, 2.45) is 0 Å². The van der Waals surface area contributed by atoms with Gasteiger partial charge >= 0.3 is 0 Å². The summed E-state index contributed by atoms with van der Waals surface area (Å²) < 4.78 is 22.4. The number of carbonyl (C=O) groups is 1. The number of ether oxygens (including phenoxy) is 4. The lowest BCUT2D eigenvalue weighted by Crippen LogP contribution is -2.49. The molecular formula is C31H34ClNO5. The van der Waals surface area contributed by atoms with Crippen LogP contribution in [0.4, 0.5) is 0 Å². The van der Waals surface area contributed by atoms with Crippen LogP contribution in [0.3, 0.4) is 0 Å². The van der Waals surface area contributed by atoms with Crippen molar-refractivity contribution in [2.45, 2.75) is 43.6 Å². The number of carbonyl (C=O) groups excluding carboxylic acids is 1. The molecule has 7 heteroatoms. The topological polar surface area (TPSA) is 57.2 Å². The number of hydrogen-bond acceptors (Lipinski definition) is 5. The summed E-state index contributed by atoms with van der Waals surface area (Å²) in [5, 5.41) is 0.672. The van der Waals surface area contributed by atoms with Gasteiger partial charge in [0.05, 0.1) is 39.9 Å². The van der Waals surface area contributed by atoms with Crippen LogP contribution in [-0.2, 0) is 16.6 Å². The van der Waals surface area contributed by atoms with Crippen LogP contribution in [0.1, 0.15) is 54.0 Å². The van der Waals surface area contributed by atoms with Gasteiger partial charge < -0.3 is 23.8 Å². The van der Waals surface area contributed by atoms with E-state index in [4.69, 9.17) is 30.5 Å². The first-order valence-corrected chi connectivity index (χ1v) is 13.4. The first kappa shape index (κ1) is 26.2. The summed E-state index contributed by atoms with van der Waals surface area (Å²) >= 11 is 6.22. The van der Waals surface area contributed by atoms with Gasteiger partial charge in [0.15, 0.2) is 23.0 Å². The van der Waals surface area contributed by atoms with Crippen molar-refractivity contribution in [3.8, 4) is 23.0 Å². The Morgan fingerprint density at radius 3 is 2.05 bits per heavy atom. The van der Waals surface area contributed by atoms with Crippen LogP contribution < -0.4 is 18.9 Å². The van der Waals surface area contributed by atoms with Crippen molar-refractivity contribution < 1.29 is 23.7 Å². The molecule has 0 spiro atoms. The van der Waals surface area contributed by atoms with E-state index in [0.29, 0.717) is 34.6 Å². The van der Waals surface area contributed by atoms with Crippen molar-refractivity contribution in [3.63, 3.8) is 0 Å². The summed E-state index contributed by atoms with van der Waals surface area (Å²) in [6.07, 6.45) is 4.40. The number of fused-ring (bicyclic) bond motifs is 1. The van der Waals surface area contributed by atoms with Gasteiger partial charge in [-0.15, -0.1) is 0 Å². The highest BCUT2D eigenvalue weighted by atomic mass is 35.5.